The molecule has 4 bridgehead atoms. The SMILES string of the molecule is CO[C@H]1/C=C/O[C@@]2(C)Oc3c(C)c(O)c4c(=O)c(c5oc6cc(N7CCC(N(C)C(=O)OCc8ccc(NC(=O)CNC(=O)C(NC(=O)CCCCCN9C(=O)C=CC9=O)C(C)C)cc8)CC7)cc(=O)c6nc5c4c3=C2O)NC(=O)/C(C)=C\C=C\[C@H](C)C[C@@H](C)[C@@H](O)[C@@H](C)[C@H](OC(C)=O)[C@@H]1C. The van der Waals surface area contributed by atoms with Crippen molar-refractivity contribution in [2.24, 2.45) is 29.6 Å². The molecule has 9 atom stereocenters. The van der Waals surface area contributed by atoms with Crippen molar-refractivity contribution in [3.8, 4) is 11.5 Å². The molecule has 7 N–H and O–H groups in total. The van der Waals surface area contributed by atoms with E-state index >= 15 is 4.79 Å². The highest BCUT2D eigenvalue weighted by Gasteiger charge is 2.44. The summed E-state index contributed by atoms with van der Waals surface area (Å²) in [5.74, 6) is -8.45. The Balaban J connectivity index is 0.882. The summed E-state index contributed by atoms with van der Waals surface area (Å²) in [6.07, 6.45) is 10.4. The number of anilines is 3. The van der Waals surface area contributed by atoms with Crippen LogP contribution in [0.25, 0.3) is 38.7 Å². The zero-order valence-electron chi connectivity index (χ0n) is 58.9. The Morgan fingerprint density at radius 3 is 2.25 bits per heavy atom. The molecule has 1 saturated heterocycles. The molecule has 5 aromatic rings. The Bertz CT molecular complexity index is 4350. The summed E-state index contributed by atoms with van der Waals surface area (Å²) in [6.45, 7) is 17.2. The minimum absolute atomic E-state index is 0.0202. The van der Waals surface area contributed by atoms with Crippen molar-refractivity contribution in [1.29, 1.82) is 0 Å². The third-order valence-electron chi connectivity index (χ3n) is 19.3. The average Bonchev–Trinajstić information content (AvgIpc) is 1.66. The predicted octanol–water partition coefficient (Wildman–Crippen LogP) is 7.51. The van der Waals surface area contributed by atoms with E-state index in [2.05, 4.69) is 21.3 Å². The Labute approximate surface area is 583 Å². The van der Waals surface area contributed by atoms with E-state index in [4.69, 9.17) is 33.1 Å². The molecule has 27 heteroatoms. The van der Waals surface area contributed by atoms with E-state index in [1.54, 1.807) is 77.2 Å². The Morgan fingerprint density at radius 2 is 1.58 bits per heavy atom. The van der Waals surface area contributed by atoms with Gasteiger partial charge in [0.1, 0.15) is 41.5 Å². The molecule has 5 heterocycles. The van der Waals surface area contributed by atoms with E-state index in [1.807, 2.05) is 24.8 Å². The number of phenols is 1. The largest absolute Gasteiger partial charge is 0.507 e. The molecule has 9 rings (SSSR count). The van der Waals surface area contributed by atoms with Crippen LogP contribution in [-0.2, 0) is 59.1 Å². The van der Waals surface area contributed by atoms with E-state index in [1.165, 1.54) is 70.3 Å². The first-order chi connectivity index (χ1) is 47.9. The van der Waals surface area contributed by atoms with Gasteiger partial charge in [-0.1, -0.05) is 78.3 Å². The number of benzene rings is 4. The number of nitrogens with zero attached hydrogens (tertiary/aromatic N) is 4. The van der Waals surface area contributed by atoms with Crippen molar-refractivity contribution < 1.29 is 81.8 Å². The Kier molecular flexibility index (Phi) is 23.8. The van der Waals surface area contributed by atoms with E-state index in [0.29, 0.717) is 68.6 Å². The number of hydrogen-bond donors (Lipinski definition) is 7. The summed E-state index contributed by atoms with van der Waals surface area (Å²) in [5.41, 5.74) is -0.997. The van der Waals surface area contributed by atoms with Crippen LogP contribution in [0.1, 0.15) is 118 Å². The van der Waals surface area contributed by atoms with Crippen LogP contribution < -0.4 is 47.0 Å². The summed E-state index contributed by atoms with van der Waals surface area (Å²) in [7, 11) is 3.09. The molecule has 1 fully saturated rings. The lowest BCUT2D eigenvalue weighted by atomic mass is 9.79. The average molecular weight is 1400 g/mol. The molecule has 0 radical (unpaired) electrons. The van der Waals surface area contributed by atoms with Gasteiger partial charge in [-0.25, -0.2) is 9.78 Å². The highest BCUT2D eigenvalue weighted by molar-refractivity contribution is 6.17. The second kappa shape index (κ2) is 32.0. The molecule has 1 unspecified atom stereocenters. The lowest BCUT2D eigenvalue weighted by Gasteiger charge is -2.37. The number of esters is 1. The summed E-state index contributed by atoms with van der Waals surface area (Å²) in [6, 6.07) is 8.40. The minimum Gasteiger partial charge on any atom is -0.507 e. The minimum atomic E-state index is -2.03. The van der Waals surface area contributed by atoms with Crippen molar-refractivity contribution in [3.05, 3.63) is 121 Å². The van der Waals surface area contributed by atoms with Crippen LogP contribution in [0.2, 0.25) is 0 Å². The number of ether oxygens (including phenoxy) is 5. The van der Waals surface area contributed by atoms with Gasteiger partial charge >= 0.3 is 17.8 Å². The number of piperidine rings is 1. The first-order valence-electron chi connectivity index (χ1n) is 34.0. The Morgan fingerprint density at radius 1 is 0.891 bits per heavy atom. The monoisotopic (exact) mass is 1390 g/mol. The predicted molar refractivity (Wildman–Crippen MR) is 376 cm³/mol. The maximum Gasteiger partial charge on any atom is 0.410 e. The number of aromatic hydroxyl groups is 1. The fourth-order valence-corrected chi connectivity index (χ4v) is 13.4. The van der Waals surface area contributed by atoms with Gasteiger partial charge in [-0.2, -0.15) is 0 Å². The van der Waals surface area contributed by atoms with Gasteiger partial charge in [0.05, 0.1) is 35.6 Å². The van der Waals surface area contributed by atoms with E-state index < -0.39 is 99.8 Å². The van der Waals surface area contributed by atoms with Crippen LogP contribution in [-0.4, -0.2) is 154 Å². The number of hydrogen-bond acceptors (Lipinski definition) is 21. The molecule has 27 nitrogen and oxygen atoms in total. The van der Waals surface area contributed by atoms with Crippen molar-refractivity contribution in [2.45, 2.75) is 157 Å². The Hall–Kier alpha value is -10.2. The zero-order chi connectivity index (χ0) is 73.5. The van der Waals surface area contributed by atoms with Crippen LogP contribution in [0.5, 0.6) is 11.5 Å². The molecule has 4 aliphatic heterocycles. The number of phenolic OH excluding ortho intramolecular Hbond substituents is 1. The van der Waals surface area contributed by atoms with Crippen LogP contribution in [0, 0.1) is 36.5 Å². The number of aliphatic hydroxyl groups is 2. The summed E-state index contributed by atoms with van der Waals surface area (Å²) >= 11 is 0. The first kappa shape index (κ1) is 75.1. The van der Waals surface area contributed by atoms with Crippen LogP contribution in [0.3, 0.4) is 0 Å². The lowest BCUT2D eigenvalue weighted by Crippen LogP contribution is -2.51. The number of aliphatic hydroxyl groups excluding tert-OH is 2. The highest BCUT2D eigenvalue weighted by Crippen LogP contribution is 2.43. The molecular weight excluding hydrogens is 1300 g/mol. The molecule has 0 saturated carbocycles. The van der Waals surface area contributed by atoms with E-state index in [9.17, 15) is 58.5 Å². The van der Waals surface area contributed by atoms with Gasteiger partial charge in [-0.05, 0) is 87.5 Å². The number of fused-ring (bicyclic) bond motifs is 2. The third-order valence-corrected chi connectivity index (χ3v) is 19.3. The van der Waals surface area contributed by atoms with Crippen LogP contribution >= 0.6 is 0 Å². The van der Waals surface area contributed by atoms with Crippen molar-refractivity contribution in [2.75, 3.05) is 55.9 Å². The van der Waals surface area contributed by atoms with Gasteiger partial charge in [0, 0.05) is 124 Å². The highest BCUT2D eigenvalue weighted by atomic mass is 16.7. The zero-order valence-corrected chi connectivity index (χ0v) is 58.9. The maximum atomic E-state index is 15.1. The van der Waals surface area contributed by atoms with Crippen molar-refractivity contribution >= 4 is 103 Å². The molecule has 7 amide bonds. The number of methoxy groups -OCH3 is 1. The molecule has 0 spiro atoms. The quantitative estimate of drug-likeness (QED) is 0.0147. The molecular formula is C74H90N8O19. The lowest BCUT2D eigenvalue weighted by molar-refractivity contribution is -0.159. The molecule has 4 aliphatic rings. The second-order valence-corrected chi connectivity index (χ2v) is 27.1. The standard InChI is InChI=1S/C74H90N8O19/c1-38(2)60(77-53(85)19-14-13-15-29-82-55(87)24-25-56(82)88)72(94)75-36-54(86)76-47-22-20-46(21-23-47)37-97-73(95)80(11)48-26-30-81(31-27-48)49-34-50(84)61-52(35-49)100-69-62(78-61)57-58-65(90)44(8)68-59(57)70(92)74(10,101-68)98-32-28-51(96-12)42(6)67(99-45(9)83)43(7)64(89)41(5)33-39(3)17-16-18-40(4)71(93)79-63(69)66(58)91/h16-18,20-25,28,32,34-35,38-39,41-43,48,51,60,64,67,89-90,92H,13-15,19,26-27,29-31,33,36-37H2,1-12H3,(H,75,94)(H,76,86)(H,77,85)(H,79,93)/b17-16+,32-28+,40-18-/t39-,41+,42+,43+,51-,60?,64+,67+,74-/m0/s1. The third kappa shape index (κ3) is 16.9. The molecule has 540 valence electrons. The number of nitrogens with one attached hydrogen (secondary N) is 4. The molecule has 101 heavy (non-hydrogen) atoms. The molecule has 4 aromatic carbocycles. The number of rotatable bonds is 18. The van der Waals surface area contributed by atoms with E-state index in [-0.39, 0.29) is 123 Å². The van der Waals surface area contributed by atoms with Gasteiger partial charge in [0.2, 0.25) is 28.6 Å². The smallest absolute Gasteiger partial charge is 0.410 e. The number of amides is 7. The van der Waals surface area contributed by atoms with Crippen molar-refractivity contribution in [1.82, 2.24) is 25.4 Å². The van der Waals surface area contributed by atoms with Crippen LogP contribution in [0.15, 0.2) is 98.7 Å². The summed E-state index contributed by atoms with van der Waals surface area (Å²) < 4.78 is 36.5. The number of carbonyl (C=O) groups excluding carboxylic acids is 8. The van der Waals surface area contributed by atoms with Gasteiger partial charge in [0.15, 0.2) is 22.4 Å². The number of carbonyl (C=O) groups is 8. The first-order valence-corrected chi connectivity index (χ1v) is 34.0. The molecule has 0 aliphatic carbocycles. The summed E-state index contributed by atoms with van der Waals surface area (Å²) in [4.78, 5) is 142. The van der Waals surface area contributed by atoms with Crippen molar-refractivity contribution in [3.63, 3.8) is 0 Å². The number of unbranched alkanes of at least 4 members (excludes halogenated alkanes) is 2. The fourth-order valence-electron chi connectivity index (χ4n) is 13.4. The van der Waals surface area contributed by atoms with Gasteiger partial charge in [-0.15, -0.1) is 0 Å². The normalized spacial score (nSPS) is 23.7. The number of imide groups is 1. The van der Waals surface area contributed by atoms with E-state index in [0.717, 1.165) is 4.90 Å². The number of allylic oxidation sites excluding steroid dienone is 3. The maximum absolute atomic E-state index is 15.1. The molecule has 1 aromatic heterocycles. The summed E-state index contributed by atoms with van der Waals surface area (Å²) in [5, 5.41) is 46.2. The van der Waals surface area contributed by atoms with Gasteiger partial charge in [-0.3, -0.25) is 48.1 Å². The van der Waals surface area contributed by atoms with Gasteiger partial charge < -0.3 is 74.5 Å². The second-order valence-electron chi connectivity index (χ2n) is 27.1. The number of aromatic nitrogens is 1. The van der Waals surface area contributed by atoms with Gasteiger partial charge in [0.25, 0.3) is 17.7 Å². The van der Waals surface area contributed by atoms with Crippen LogP contribution in [0.4, 0.5) is 21.9 Å². The fraction of sp³-hybridized carbons (Fsp3) is 0.473. The topological polar surface area (TPSA) is 361 Å².